The lowest BCUT2D eigenvalue weighted by Crippen LogP contribution is -2.31. The number of thioether (sulfide) groups is 1. The van der Waals surface area contributed by atoms with E-state index in [-0.39, 0.29) is 22.7 Å². The van der Waals surface area contributed by atoms with Crippen molar-refractivity contribution < 1.29 is 22.6 Å². The SMILES string of the molecule is COc1ccc(C2(C)CCCc3nc(SCc4c(F)cc(C#N)cc4F)n(-c4ccc(F)cc4)c32)cc1OC. The summed E-state index contributed by atoms with van der Waals surface area (Å²) in [5.74, 6) is -0.731. The van der Waals surface area contributed by atoms with Crippen LogP contribution in [0.2, 0.25) is 0 Å². The minimum absolute atomic E-state index is 0.0342. The van der Waals surface area contributed by atoms with Gasteiger partial charge in [-0.15, -0.1) is 0 Å². The van der Waals surface area contributed by atoms with Crippen molar-refractivity contribution in [1.29, 1.82) is 5.26 Å². The number of nitriles is 1. The van der Waals surface area contributed by atoms with Gasteiger partial charge < -0.3 is 9.47 Å². The van der Waals surface area contributed by atoms with Crippen LogP contribution < -0.4 is 9.47 Å². The quantitative estimate of drug-likeness (QED) is 0.230. The molecular formula is C30H26F3N3O2S. The normalized spacial score (nSPS) is 16.4. The molecule has 0 amide bonds. The summed E-state index contributed by atoms with van der Waals surface area (Å²) in [4.78, 5) is 4.93. The molecule has 1 aliphatic rings. The summed E-state index contributed by atoms with van der Waals surface area (Å²) in [5.41, 5.74) is 2.83. The number of methoxy groups -OCH3 is 2. The van der Waals surface area contributed by atoms with Crippen molar-refractivity contribution in [1.82, 2.24) is 9.55 Å². The standard InChI is InChI=1S/C30H26F3N3O2S/c1-30(19-6-11-26(37-2)27(15-19)38-3)12-4-5-25-28(30)36(21-9-7-20(31)8-10-21)29(35-25)39-17-22-23(32)13-18(16-34)14-24(22)33/h6-11,13-15H,4-5,12,17H2,1-3H3. The summed E-state index contributed by atoms with van der Waals surface area (Å²) in [5, 5.41) is 9.57. The molecule has 9 heteroatoms. The van der Waals surface area contributed by atoms with Gasteiger partial charge in [-0.25, -0.2) is 18.2 Å². The van der Waals surface area contributed by atoms with E-state index in [0.717, 1.165) is 48.3 Å². The first-order valence-electron chi connectivity index (χ1n) is 12.4. The van der Waals surface area contributed by atoms with Crippen LogP contribution in [0.3, 0.4) is 0 Å². The van der Waals surface area contributed by atoms with Gasteiger partial charge in [0.25, 0.3) is 0 Å². The highest BCUT2D eigenvalue weighted by Crippen LogP contribution is 2.47. The zero-order valence-corrected chi connectivity index (χ0v) is 22.5. The summed E-state index contributed by atoms with van der Waals surface area (Å²) < 4.78 is 56.2. The number of hydrogen-bond donors (Lipinski definition) is 0. The monoisotopic (exact) mass is 549 g/mol. The second kappa shape index (κ2) is 10.7. The van der Waals surface area contributed by atoms with Gasteiger partial charge in [-0.2, -0.15) is 5.26 Å². The molecular weight excluding hydrogens is 523 g/mol. The summed E-state index contributed by atoms with van der Waals surface area (Å²) in [6, 6.07) is 15.8. The summed E-state index contributed by atoms with van der Waals surface area (Å²) in [7, 11) is 3.18. The maximum absolute atomic E-state index is 14.7. The number of ether oxygens (including phenoxy) is 2. The smallest absolute Gasteiger partial charge is 0.173 e. The maximum atomic E-state index is 14.7. The molecule has 0 bridgehead atoms. The van der Waals surface area contributed by atoms with Gasteiger partial charge in [0, 0.05) is 22.4 Å². The van der Waals surface area contributed by atoms with Gasteiger partial charge in [0.2, 0.25) is 0 Å². The van der Waals surface area contributed by atoms with Crippen LogP contribution in [0, 0.1) is 28.8 Å². The van der Waals surface area contributed by atoms with Crippen LogP contribution in [0.4, 0.5) is 13.2 Å². The Balaban J connectivity index is 1.65. The number of hydrogen-bond acceptors (Lipinski definition) is 5. The largest absolute Gasteiger partial charge is 0.493 e. The maximum Gasteiger partial charge on any atom is 0.173 e. The molecule has 200 valence electrons. The van der Waals surface area contributed by atoms with Crippen LogP contribution in [-0.2, 0) is 17.6 Å². The third-order valence-corrected chi connectivity index (χ3v) is 8.22. The van der Waals surface area contributed by atoms with Crippen molar-refractivity contribution >= 4 is 11.8 Å². The topological polar surface area (TPSA) is 60.1 Å². The van der Waals surface area contributed by atoms with E-state index >= 15 is 0 Å². The molecule has 1 aliphatic carbocycles. The zero-order valence-electron chi connectivity index (χ0n) is 21.7. The number of rotatable bonds is 7. The number of aromatic nitrogens is 2. The summed E-state index contributed by atoms with van der Waals surface area (Å²) in [6.07, 6.45) is 2.45. The van der Waals surface area contributed by atoms with E-state index in [9.17, 15) is 13.2 Å². The van der Waals surface area contributed by atoms with E-state index in [4.69, 9.17) is 19.7 Å². The van der Waals surface area contributed by atoms with Gasteiger partial charge in [-0.1, -0.05) is 17.8 Å². The van der Waals surface area contributed by atoms with Crippen molar-refractivity contribution in [3.8, 4) is 23.3 Å². The molecule has 39 heavy (non-hydrogen) atoms. The van der Waals surface area contributed by atoms with Crippen LogP contribution in [-0.4, -0.2) is 23.8 Å². The molecule has 1 heterocycles. The average Bonchev–Trinajstić information content (AvgIpc) is 3.32. The first-order valence-corrected chi connectivity index (χ1v) is 13.4. The lowest BCUT2D eigenvalue weighted by atomic mass is 9.71. The molecule has 0 saturated heterocycles. The molecule has 1 aromatic heterocycles. The first kappa shape index (κ1) is 26.7. The highest BCUT2D eigenvalue weighted by molar-refractivity contribution is 7.98. The Bertz CT molecular complexity index is 1560. The van der Waals surface area contributed by atoms with E-state index in [1.807, 2.05) is 22.8 Å². The molecule has 0 N–H and O–H groups in total. The summed E-state index contributed by atoms with van der Waals surface area (Å²) >= 11 is 1.19. The fourth-order valence-electron chi connectivity index (χ4n) is 5.24. The van der Waals surface area contributed by atoms with Gasteiger partial charge in [-0.05, 0) is 80.3 Å². The predicted molar refractivity (Wildman–Crippen MR) is 143 cm³/mol. The minimum atomic E-state index is -0.779. The Morgan fingerprint density at radius 3 is 2.33 bits per heavy atom. The lowest BCUT2D eigenvalue weighted by molar-refractivity contribution is 0.352. The van der Waals surface area contributed by atoms with Crippen molar-refractivity contribution in [2.24, 2.45) is 0 Å². The molecule has 0 spiro atoms. The molecule has 0 saturated carbocycles. The number of imidazole rings is 1. The molecule has 1 unspecified atom stereocenters. The van der Waals surface area contributed by atoms with Crippen molar-refractivity contribution in [3.63, 3.8) is 0 Å². The van der Waals surface area contributed by atoms with E-state index in [1.54, 1.807) is 32.4 Å². The lowest BCUT2D eigenvalue weighted by Gasteiger charge is -2.36. The Labute approximate surface area is 229 Å². The third kappa shape index (κ3) is 4.85. The number of nitrogens with zero attached hydrogens (tertiary/aromatic N) is 3. The van der Waals surface area contributed by atoms with E-state index in [1.165, 1.54) is 23.9 Å². The van der Waals surface area contributed by atoms with Gasteiger partial charge in [-0.3, -0.25) is 4.57 Å². The number of aryl methyl sites for hydroxylation is 1. The van der Waals surface area contributed by atoms with E-state index in [0.29, 0.717) is 22.3 Å². The van der Waals surface area contributed by atoms with Crippen molar-refractivity contribution in [2.45, 2.75) is 42.5 Å². The van der Waals surface area contributed by atoms with Crippen molar-refractivity contribution in [3.05, 3.63) is 100 Å². The number of benzene rings is 3. The van der Waals surface area contributed by atoms with Crippen LogP contribution in [0.5, 0.6) is 11.5 Å². The Hall–Kier alpha value is -3.90. The number of fused-ring (bicyclic) bond motifs is 1. The number of halogens is 3. The second-order valence-corrected chi connectivity index (χ2v) is 10.5. The Morgan fingerprint density at radius 1 is 1.00 bits per heavy atom. The summed E-state index contributed by atoms with van der Waals surface area (Å²) in [6.45, 7) is 2.14. The zero-order chi connectivity index (χ0) is 27.7. The fourth-order valence-corrected chi connectivity index (χ4v) is 6.29. The molecule has 0 radical (unpaired) electrons. The Morgan fingerprint density at radius 2 is 1.69 bits per heavy atom. The minimum Gasteiger partial charge on any atom is -0.493 e. The first-order chi connectivity index (χ1) is 18.8. The molecule has 0 fully saturated rings. The molecule has 4 aromatic rings. The molecule has 1 atom stereocenters. The predicted octanol–water partition coefficient (Wildman–Crippen LogP) is 7.11. The fraction of sp³-hybridized carbons (Fsp3) is 0.267. The third-order valence-electron chi connectivity index (χ3n) is 7.25. The van der Waals surface area contributed by atoms with Gasteiger partial charge in [0.05, 0.1) is 37.2 Å². The van der Waals surface area contributed by atoms with Crippen molar-refractivity contribution in [2.75, 3.05) is 14.2 Å². The molecule has 3 aromatic carbocycles. The Kier molecular flexibility index (Phi) is 7.32. The van der Waals surface area contributed by atoms with Gasteiger partial charge >= 0.3 is 0 Å². The van der Waals surface area contributed by atoms with Crippen LogP contribution in [0.1, 0.15) is 47.8 Å². The van der Waals surface area contributed by atoms with Crippen LogP contribution >= 0.6 is 11.8 Å². The van der Waals surface area contributed by atoms with Gasteiger partial charge in [0.1, 0.15) is 17.5 Å². The molecule has 5 rings (SSSR count). The average molecular weight is 550 g/mol. The second-order valence-electron chi connectivity index (χ2n) is 9.58. The van der Waals surface area contributed by atoms with E-state index < -0.39 is 17.0 Å². The molecule has 0 aliphatic heterocycles. The van der Waals surface area contributed by atoms with Crippen LogP contribution in [0.15, 0.2) is 59.8 Å². The highest BCUT2D eigenvalue weighted by atomic mass is 32.2. The van der Waals surface area contributed by atoms with Gasteiger partial charge in [0.15, 0.2) is 16.7 Å². The molecule has 5 nitrogen and oxygen atoms in total. The van der Waals surface area contributed by atoms with Crippen LogP contribution in [0.25, 0.3) is 5.69 Å². The van der Waals surface area contributed by atoms with E-state index in [2.05, 4.69) is 6.92 Å². The highest BCUT2D eigenvalue weighted by Gasteiger charge is 2.40.